The summed E-state index contributed by atoms with van der Waals surface area (Å²) in [6.45, 7) is 3.78. The van der Waals surface area contributed by atoms with Gasteiger partial charge in [-0.2, -0.15) is 4.98 Å². The number of likely N-dealkylation sites (tertiary alicyclic amines) is 1. The molecular weight excluding hydrogens is 373 g/mol. The Kier molecular flexibility index (Phi) is 5.55. The lowest BCUT2D eigenvalue weighted by Gasteiger charge is -2.30. The quantitative estimate of drug-likeness (QED) is 0.648. The van der Waals surface area contributed by atoms with Crippen LogP contribution in [0.3, 0.4) is 0 Å². The summed E-state index contributed by atoms with van der Waals surface area (Å²) in [5.41, 5.74) is 1.20. The SMILES string of the molecule is CC1CCN(C(=O)COc2cccc(-c3noc(-c4cccc(F)c4)n3)c2)CC1. The molecule has 0 radical (unpaired) electrons. The molecule has 1 saturated heterocycles. The Bertz CT molecular complexity index is 996. The highest BCUT2D eigenvalue weighted by Crippen LogP contribution is 2.25. The summed E-state index contributed by atoms with van der Waals surface area (Å²) in [5, 5.41) is 3.97. The number of carbonyl (C=O) groups excluding carboxylic acids is 1. The van der Waals surface area contributed by atoms with Gasteiger partial charge in [0.15, 0.2) is 6.61 Å². The topological polar surface area (TPSA) is 68.5 Å². The van der Waals surface area contributed by atoms with Crippen LogP contribution in [-0.4, -0.2) is 40.6 Å². The zero-order valence-electron chi connectivity index (χ0n) is 16.2. The lowest BCUT2D eigenvalue weighted by molar-refractivity contribution is -0.134. The number of hydrogen-bond donors (Lipinski definition) is 0. The molecule has 1 amide bonds. The van der Waals surface area contributed by atoms with Gasteiger partial charge in [0, 0.05) is 24.2 Å². The molecule has 3 aromatic rings. The van der Waals surface area contributed by atoms with Gasteiger partial charge in [-0.15, -0.1) is 0 Å². The summed E-state index contributed by atoms with van der Waals surface area (Å²) in [5.74, 6) is 1.45. The third-order valence-electron chi connectivity index (χ3n) is 5.09. The van der Waals surface area contributed by atoms with E-state index >= 15 is 0 Å². The van der Waals surface area contributed by atoms with Gasteiger partial charge < -0.3 is 14.2 Å². The number of ether oxygens (including phenoxy) is 1. The van der Waals surface area contributed by atoms with Gasteiger partial charge in [-0.1, -0.05) is 30.3 Å². The van der Waals surface area contributed by atoms with Crippen molar-refractivity contribution in [3.63, 3.8) is 0 Å². The standard InChI is InChI=1S/C22H22FN3O3/c1-15-8-10-26(11-9-15)20(27)14-28-19-7-3-4-16(13-19)21-24-22(29-25-21)17-5-2-6-18(23)12-17/h2-7,12-13,15H,8-11,14H2,1H3. The zero-order valence-corrected chi connectivity index (χ0v) is 16.2. The molecule has 2 heterocycles. The highest BCUT2D eigenvalue weighted by atomic mass is 19.1. The van der Waals surface area contributed by atoms with Crippen molar-refractivity contribution in [2.45, 2.75) is 19.8 Å². The molecule has 1 aromatic heterocycles. The average Bonchev–Trinajstić information content (AvgIpc) is 3.23. The average molecular weight is 395 g/mol. The Balaban J connectivity index is 1.42. The molecule has 29 heavy (non-hydrogen) atoms. The van der Waals surface area contributed by atoms with Crippen molar-refractivity contribution >= 4 is 5.91 Å². The first-order valence-corrected chi connectivity index (χ1v) is 9.69. The van der Waals surface area contributed by atoms with Crippen LogP contribution in [0.2, 0.25) is 0 Å². The molecule has 1 fully saturated rings. The van der Waals surface area contributed by atoms with Gasteiger partial charge in [0.1, 0.15) is 11.6 Å². The van der Waals surface area contributed by atoms with Crippen LogP contribution >= 0.6 is 0 Å². The van der Waals surface area contributed by atoms with Crippen molar-refractivity contribution in [1.29, 1.82) is 0 Å². The number of nitrogens with zero attached hydrogens (tertiary/aromatic N) is 3. The number of aromatic nitrogens is 2. The Morgan fingerprint density at radius 1 is 1.17 bits per heavy atom. The fourth-order valence-corrected chi connectivity index (χ4v) is 3.30. The normalized spacial score (nSPS) is 14.8. The zero-order chi connectivity index (χ0) is 20.2. The number of piperidine rings is 1. The summed E-state index contributed by atoms with van der Waals surface area (Å²) >= 11 is 0. The predicted octanol–water partition coefficient (Wildman–Crippen LogP) is 4.18. The molecule has 4 rings (SSSR count). The van der Waals surface area contributed by atoms with Gasteiger partial charge >= 0.3 is 0 Å². The van der Waals surface area contributed by atoms with E-state index in [9.17, 15) is 9.18 Å². The molecule has 1 aliphatic heterocycles. The Morgan fingerprint density at radius 3 is 2.72 bits per heavy atom. The molecule has 6 nitrogen and oxygen atoms in total. The Morgan fingerprint density at radius 2 is 1.93 bits per heavy atom. The number of carbonyl (C=O) groups is 1. The fraction of sp³-hybridized carbons (Fsp3) is 0.318. The van der Waals surface area contributed by atoms with E-state index < -0.39 is 0 Å². The van der Waals surface area contributed by atoms with Crippen LogP contribution in [0.4, 0.5) is 4.39 Å². The lowest BCUT2D eigenvalue weighted by Crippen LogP contribution is -2.40. The van der Waals surface area contributed by atoms with Crippen molar-refractivity contribution < 1.29 is 18.4 Å². The maximum absolute atomic E-state index is 13.4. The summed E-state index contributed by atoms with van der Waals surface area (Å²) in [4.78, 5) is 18.5. The maximum atomic E-state index is 13.4. The second kappa shape index (κ2) is 8.43. The number of benzene rings is 2. The number of halogens is 1. The van der Waals surface area contributed by atoms with Crippen LogP contribution in [0.1, 0.15) is 19.8 Å². The highest BCUT2D eigenvalue weighted by molar-refractivity contribution is 5.78. The van der Waals surface area contributed by atoms with Gasteiger partial charge in [-0.25, -0.2) is 4.39 Å². The smallest absolute Gasteiger partial charge is 0.260 e. The van der Waals surface area contributed by atoms with E-state index in [1.165, 1.54) is 12.1 Å². The van der Waals surface area contributed by atoms with Crippen LogP contribution in [0.25, 0.3) is 22.8 Å². The molecule has 0 aliphatic carbocycles. The van der Waals surface area contributed by atoms with E-state index in [0.717, 1.165) is 25.9 Å². The van der Waals surface area contributed by atoms with Crippen molar-refractivity contribution in [2.75, 3.05) is 19.7 Å². The molecule has 1 aliphatic rings. The second-order valence-corrected chi connectivity index (χ2v) is 7.31. The number of hydrogen-bond acceptors (Lipinski definition) is 5. The van der Waals surface area contributed by atoms with Crippen LogP contribution in [0, 0.1) is 11.7 Å². The Hall–Kier alpha value is -3.22. The van der Waals surface area contributed by atoms with E-state index in [4.69, 9.17) is 9.26 Å². The van der Waals surface area contributed by atoms with Crippen molar-refractivity contribution in [3.05, 3.63) is 54.3 Å². The minimum atomic E-state index is -0.370. The van der Waals surface area contributed by atoms with Crippen LogP contribution in [-0.2, 0) is 4.79 Å². The third-order valence-corrected chi connectivity index (χ3v) is 5.09. The van der Waals surface area contributed by atoms with Gasteiger partial charge in [-0.05, 0) is 49.1 Å². The second-order valence-electron chi connectivity index (χ2n) is 7.31. The van der Waals surface area contributed by atoms with E-state index in [-0.39, 0.29) is 24.2 Å². The molecule has 150 valence electrons. The molecular formula is C22H22FN3O3. The number of rotatable bonds is 5. The van der Waals surface area contributed by atoms with E-state index in [0.29, 0.717) is 28.6 Å². The molecule has 7 heteroatoms. The first-order chi connectivity index (χ1) is 14.1. The van der Waals surface area contributed by atoms with Gasteiger partial charge in [0.2, 0.25) is 5.82 Å². The predicted molar refractivity (Wildman–Crippen MR) is 106 cm³/mol. The minimum Gasteiger partial charge on any atom is -0.484 e. The molecule has 0 spiro atoms. The molecule has 0 N–H and O–H groups in total. The molecule has 0 saturated carbocycles. The van der Waals surface area contributed by atoms with Crippen molar-refractivity contribution in [1.82, 2.24) is 15.0 Å². The van der Waals surface area contributed by atoms with Crippen LogP contribution < -0.4 is 4.74 Å². The van der Waals surface area contributed by atoms with Crippen LogP contribution in [0.15, 0.2) is 53.1 Å². The molecule has 2 aromatic carbocycles. The van der Waals surface area contributed by atoms with Gasteiger partial charge in [0.25, 0.3) is 11.8 Å². The van der Waals surface area contributed by atoms with E-state index in [1.807, 2.05) is 11.0 Å². The lowest BCUT2D eigenvalue weighted by atomic mass is 9.99. The minimum absolute atomic E-state index is 0.00137. The third kappa shape index (κ3) is 4.62. The Labute approximate surface area is 168 Å². The largest absolute Gasteiger partial charge is 0.484 e. The summed E-state index contributed by atoms with van der Waals surface area (Å²) in [7, 11) is 0. The molecule has 0 unspecified atom stereocenters. The fourth-order valence-electron chi connectivity index (χ4n) is 3.30. The summed E-state index contributed by atoms with van der Waals surface area (Å²) in [6, 6.07) is 13.1. The van der Waals surface area contributed by atoms with Crippen molar-refractivity contribution in [3.8, 4) is 28.6 Å². The van der Waals surface area contributed by atoms with Crippen molar-refractivity contribution in [2.24, 2.45) is 5.92 Å². The van der Waals surface area contributed by atoms with Gasteiger partial charge in [0.05, 0.1) is 0 Å². The maximum Gasteiger partial charge on any atom is 0.260 e. The summed E-state index contributed by atoms with van der Waals surface area (Å²) < 4.78 is 24.3. The first-order valence-electron chi connectivity index (χ1n) is 9.69. The van der Waals surface area contributed by atoms with E-state index in [2.05, 4.69) is 17.1 Å². The van der Waals surface area contributed by atoms with Crippen LogP contribution in [0.5, 0.6) is 5.75 Å². The molecule has 0 atom stereocenters. The highest BCUT2D eigenvalue weighted by Gasteiger charge is 2.20. The monoisotopic (exact) mass is 395 g/mol. The van der Waals surface area contributed by atoms with E-state index in [1.54, 1.807) is 30.3 Å². The first kappa shape index (κ1) is 19.1. The molecule has 0 bridgehead atoms. The number of amides is 1. The van der Waals surface area contributed by atoms with Gasteiger partial charge in [-0.3, -0.25) is 4.79 Å². The summed E-state index contributed by atoms with van der Waals surface area (Å²) in [6.07, 6.45) is 2.07.